The number of nitrogens with zero attached hydrogens (tertiary/aromatic N) is 3. The molecule has 13 heteroatoms. The van der Waals surface area contributed by atoms with Gasteiger partial charge in [0.05, 0.1) is 11.8 Å². The van der Waals surface area contributed by atoms with Crippen LogP contribution in [0.2, 0.25) is 0 Å². The molecule has 39 heavy (non-hydrogen) atoms. The maximum absolute atomic E-state index is 14.2. The van der Waals surface area contributed by atoms with Crippen LogP contribution in [-0.2, 0) is 13.0 Å². The predicted molar refractivity (Wildman–Crippen MR) is 139 cm³/mol. The number of amides is 2. The van der Waals surface area contributed by atoms with Crippen molar-refractivity contribution in [1.82, 2.24) is 25.6 Å². The first-order chi connectivity index (χ1) is 18.8. The second-order valence-corrected chi connectivity index (χ2v) is 9.11. The van der Waals surface area contributed by atoms with E-state index in [1.807, 2.05) is 6.07 Å². The maximum Gasteiger partial charge on any atom is 0.431 e. The third-order valence-electron chi connectivity index (χ3n) is 5.35. The second kappa shape index (κ2) is 12.3. The maximum atomic E-state index is 14.2. The minimum atomic E-state index is -0.908. The quantitative estimate of drug-likeness (QED) is 0.325. The number of carbonyl (C=O) groups is 2. The van der Waals surface area contributed by atoms with E-state index in [1.54, 1.807) is 31.2 Å². The van der Waals surface area contributed by atoms with Crippen LogP contribution < -0.4 is 25.6 Å². The van der Waals surface area contributed by atoms with Crippen molar-refractivity contribution in [2.45, 2.75) is 20.0 Å². The molecule has 2 aromatic heterocycles. The summed E-state index contributed by atoms with van der Waals surface area (Å²) in [6.45, 7) is 1.86. The van der Waals surface area contributed by atoms with Crippen LogP contribution in [0.25, 0.3) is 10.6 Å². The average molecular weight is 556 g/mol. The number of nitrogens with one attached hydrogen (secondary N) is 2. The Morgan fingerprint density at radius 1 is 1.10 bits per heavy atom. The van der Waals surface area contributed by atoms with Crippen LogP contribution in [0.3, 0.4) is 0 Å². The fraction of sp³-hybridized carbons (Fsp3) is 0.192. The van der Waals surface area contributed by atoms with Gasteiger partial charge in [-0.05, 0) is 24.1 Å². The molecule has 202 valence electrons. The first kappa shape index (κ1) is 27.4. The van der Waals surface area contributed by atoms with Gasteiger partial charge in [-0.3, -0.25) is 9.59 Å². The van der Waals surface area contributed by atoms with Gasteiger partial charge in [0, 0.05) is 26.1 Å². The van der Waals surface area contributed by atoms with Gasteiger partial charge in [0.2, 0.25) is 11.2 Å². The van der Waals surface area contributed by atoms with Crippen LogP contribution in [0.15, 0.2) is 59.5 Å². The Labute approximate surface area is 225 Å². The normalized spacial score (nSPS) is 10.7. The molecule has 0 spiro atoms. The topological polar surface area (TPSA) is 124 Å². The molecule has 2 amide bonds. The largest absolute Gasteiger partial charge is 0.482 e. The van der Waals surface area contributed by atoms with Gasteiger partial charge in [-0.15, -0.1) is 10.2 Å². The number of hydrogen-bond donors (Lipinski definition) is 2. The van der Waals surface area contributed by atoms with E-state index in [-0.39, 0.29) is 47.2 Å². The number of halogens is 2. The zero-order valence-corrected chi connectivity index (χ0v) is 21.7. The van der Waals surface area contributed by atoms with E-state index >= 15 is 0 Å². The molecule has 0 aliphatic heterocycles. The second-order valence-electron chi connectivity index (χ2n) is 8.05. The lowest BCUT2D eigenvalue weighted by molar-refractivity contribution is 0.0885. The highest BCUT2D eigenvalue weighted by Crippen LogP contribution is 2.27. The van der Waals surface area contributed by atoms with E-state index in [9.17, 15) is 23.2 Å². The highest BCUT2D eigenvalue weighted by molar-refractivity contribution is 7.14. The van der Waals surface area contributed by atoms with Crippen molar-refractivity contribution in [3.8, 4) is 16.3 Å². The fourth-order valence-corrected chi connectivity index (χ4v) is 4.37. The molecular formula is C26H23F2N5O5S. The smallest absolute Gasteiger partial charge is 0.431 e. The molecule has 0 atom stereocenters. The van der Waals surface area contributed by atoms with Crippen LogP contribution >= 0.6 is 11.3 Å². The molecule has 0 aliphatic rings. The van der Waals surface area contributed by atoms with Gasteiger partial charge in [0.1, 0.15) is 23.2 Å². The van der Waals surface area contributed by atoms with E-state index in [0.717, 1.165) is 40.0 Å². The molecule has 2 aromatic carbocycles. The molecular weight excluding hydrogens is 532 g/mol. The molecule has 0 bridgehead atoms. The molecule has 2 heterocycles. The van der Waals surface area contributed by atoms with Crippen molar-refractivity contribution < 1.29 is 27.9 Å². The molecule has 0 fully saturated rings. The van der Waals surface area contributed by atoms with Gasteiger partial charge in [0.15, 0.2) is 10.7 Å². The number of pyridine rings is 1. The summed E-state index contributed by atoms with van der Waals surface area (Å²) in [6.07, 6.45) is 0.232. The number of rotatable bonds is 9. The number of hydrogen-bond acceptors (Lipinski definition) is 8. The summed E-state index contributed by atoms with van der Waals surface area (Å²) >= 11 is 0.981. The molecule has 0 saturated carbocycles. The zero-order valence-electron chi connectivity index (χ0n) is 20.9. The SMILES string of the molecule is CCNC(=O)c1c(OCc2ccccc2)c(=O)c(-c2nnc(Cc3ccc(F)cc3F)s2)cn1OC(=O)NC. The number of benzene rings is 2. The van der Waals surface area contributed by atoms with E-state index < -0.39 is 29.1 Å². The average Bonchev–Trinajstić information content (AvgIpc) is 3.39. The Balaban J connectivity index is 1.80. The summed E-state index contributed by atoms with van der Waals surface area (Å²) in [5.74, 6) is -2.53. The standard InChI is InChI=1S/C26H23F2N5O5S/c1-3-30-24(35)21-23(37-14-15-7-5-4-6-8-15)22(34)18(13-33(21)38-26(36)29-2)25-32-31-20(39-25)11-16-9-10-17(27)12-19(16)28/h4-10,12-13H,3,11,14H2,1-2H3,(H,29,36)(H,30,35). The van der Waals surface area contributed by atoms with Gasteiger partial charge < -0.3 is 20.2 Å². The lowest BCUT2D eigenvalue weighted by Gasteiger charge is -2.17. The van der Waals surface area contributed by atoms with Crippen molar-refractivity contribution in [1.29, 1.82) is 0 Å². The molecule has 4 rings (SSSR count). The van der Waals surface area contributed by atoms with Crippen LogP contribution in [-0.4, -0.2) is 40.5 Å². The minimum Gasteiger partial charge on any atom is -0.482 e. The fourth-order valence-electron chi connectivity index (χ4n) is 3.50. The van der Waals surface area contributed by atoms with Crippen LogP contribution in [0, 0.1) is 11.6 Å². The zero-order chi connectivity index (χ0) is 27.9. The number of carbonyl (C=O) groups excluding carboxylic acids is 2. The summed E-state index contributed by atoms with van der Waals surface area (Å²) in [5, 5.41) is 13.4. The summed E-state index contributed by atoms with van der Waals surface area (Å²) in [5.41, 5.74) is -0.179. The number of ether oxygens (including phenoxy) is 1. The van der Waals surface area contributed by atoms with Gasteiger partial charge in [-0.2, -0.15) is 4.73 Å². The predicted octanol–water partition coefficient (Wildman–Crippen LogP) is 3.33. The summed E-state index contributed by atoms with van der Waals surface area (Å²) in [6, 6.07) is 12.2. The molecule has 4 aromatic rings. The van der Waals surface area contributed by atoms with Gasteiger partial charge >= 0.3 is 6.09 Å². The van der Waals surface area contributed by atoms with E-state index in [1.165, 1.54) is 13.1 Å². The number of aromatic nitrogens is 3. The third-order valence-corrected chi connectivity index (χ3v) is 6.31. The molecule has 10 nitrogen and oxygen atoms in total. The lowest BCUT2D eigenvalue weighted by atomic mass is 10.1. The van der Waals surface area contributed by atoms with Gasteiger partial charge in [-0.1, -0.05) is 47.7 Å². The Hall–Kier alpha value is -4.65. The Morgan fingerprint density at radius 2 is 1.87 bits per heavy atom. The molecule has 0 radical (unpaired) electrons. The highest BCUT2D eigenvalue weighted by Gasteiger charge is 2.27. The van der Waals surface area contributed by atoms with Crippen molar-refractivity contribution in [2.75, 3.05) is 13.6 Å². The van der Waals surface area contributed by atoms with Crippen molar-refractivity contribution >= 4 is 23.3 Å². The minimum absolute atomic E-state index is 0.00106. The molecule has 0 unspecified atom stereocenters. The van der Waals surface area contributed by atoms with Crippen LogP contribution in [0.4, 0.5) is 13.6 Å². The van der Waals surface area contributed by atoms with Crippen LogP contribution in [0.1, 0.15) is 33.5 Å². The Kier molecular flexibility index (Phi) is 8.61. The summed E-state index contributed by atoms with van der Waals surface area (Å²) in [7, 11) is 1.33. The molecule has 0 aliphatic carbocycles. The lowest BCUT2D eigenvalue weighted by Crippen LogP contribution is -2.36. The van der Waals surface area contributed by atoms with E-state index in [4.69, 9.17) is 9.57 Å². The first-order valence-electron chi connectivity index (χ1n) is 11.7. The summed E-state index contributed by atoms with van der Waals surface area (Å²) < 4.78 is 34.1. The summed E-state index contributed by atoms with van der Waals surface area (Å²) in [4.78, 5) is 44.0. The van der Waals surface area contributed by atoms with Gasteiger partial charge in [0.25, 0.3) is 5.91 Å². The molecule has 2 N–H and O–H groups in total. The van der Waals surface area contributed by atoms with Crippen molar-refractivity contribution in [3.05, 3.63) is 98.4 Å². The van der Waals surface area contributed by atoms with Crippen molar-refractivity contribution in [3.63, 3.8) is 0 Å². The van der Waals surface area contributed by atoms with Crippen LogP contribution in [0.5, 0.6) is 5.75 Å². The van der Waals surface area contributed by atoms with Crippen molar-refractivity contribution in [2.24, 2.45) is 0 Å². The van der Waals surface area contributed by atoms with E-state index in [2.05, 4.69) is 20.8 Å². The third kappa shape index (κ3) is 6.44. The first-order valence-corrected chi connectivity index (χ1v) is 12.5. The van der Waals surface area contributed by atoms with Gasteiger partial charge in [-0.25, -0.2) is 13.6 Å². The molecule has 0 saturated heterocycles. The highest BCUT2D eigenvalue weighted by atomic mass is 32.1. The Bertz CT molecular complexity index is 1560. The Morgan fingerprint density at radius 3 is 2.56 bits per heavy atom. The monoisotopic (exact) mass is 555 g/mol. The van der Waals surface area contributed by atoms with E-state index in [0.29, 0.717) is 5.01 Å².